The average molecular weight is 242 g/mol. The Kier molecular flexibility index (Phi) is 3.80. The van der Waals surface area contributed by atoms with Crippen LogP contribution in [0.15, 0.2) is 0 Å². The Balaban J connectivity index is 0.000000980. The molecule has 0 amide bonds. The zero-order valence-corrected chi connectivity index (χ0v) is 9.62. The summed E-state index contributed by atoms with van der Waals surface area (Å²) < 4.78 is 28.3. The number of hydrogen-bond acceptors (Lipinski definition) is 4. The fourth-order valence-corrected chi connectivity index (χ4v) is 4.05. The highest BCUT2D eigenvalue weighted by molar-refractivity contribution is 7.91. The molecule has 0 aromatic rings. The first-order chi connectivity index (χ1) is 6.12. The first-order valence-electron chi connectivity index (χ1n) is 4.67. The van der Waals surface area contributed by atoms with E-state index in [9.17, 15) is 8.42 Å². The van der Waals surface area contributed by atoms with Crippen molar-refractivity contribution in [1.29, 1.82) is 0 Å². The van der Waals surface area contributed by atoms with Gasteiger partial charge in [-0.2, -0.15) is 0 Å². The SMILES string of the molecule is Cl.O=S1(=O)CCC2(CCNCCO2)C1. The second-order valence-electron chi connectivity index (χ2n) is 3.87. The van der Waals surface area contributed by atoms with E-state index in [0.29, 0.717) is 18.8 Å². The molecule has 2 fully saturated rings. The minimum Gasteiger partial charge on any atom is -0.373 e. The highest BCUT2D eigenvalue weighted by atomic mass is 35.5. The van der Waals surface area contributed by atoms with Crippen molar-refractivity contribution in [2.45, 2.75) is 18.4 Å². The summed E-state index contributed by atoms with van der Waals surface area (Å²) in [5, 5.41) is 3.21. The van der Waals surface area contributed by atoms with E-state index in [1.54, 1.807) is 0 Å². The quantitative estimate of drug-likeness (QED) is 0.648. The van der Waals surface area contributed by atoms with Gasteiger partial charge in [0.1, 0.15) is 0 Å². The van der Waals surface area contributed by atoms with Gasteiger partial charge in [0.2, 0.25) is 0 Å². The molecular formula is C8H16ClNO3S. The minimum atomic E-state index is -2.82. The van der Waals surface area contributed by atoms with E-state index < -0.39 is 9.84 Å². The van der Waals surface area contributed by atoms with Gasteiger partial charge in [-0.05, 0) is 19.4 Å². The maximum Gasteiger partial charge on any atom is 0.153 e. The Hall–Kier alpha value is 0.160. The zero-order chi connectivity index (χ0) is 9.36. The zero-order valence-electron chi connectivity index (χ0n) is 7.99. The Morgan fingerprint density at radius 1 is 1.21 bits per heavy atom. The highest BCUT2D eigenvalue weighted by Crippen LogP contribution is 2.30. The molecule has 2 aliphatic heterocycles. The third-order valence-corrected chi connectivity index (χ3v) is 4.59. The van der Waals surface area contributed by atoms with Gasteiger partial charge in [0, 0.05) is 6.54 Å². The van der Waals surface area contributed by atoms with E-state index in [2.05, 4.69) is 5.32 Å². The molecule has 0 bridgehead atoms. The minimum absolute atomic E-state index is 0. The topological polar surface area (TPSA) is 55.4 Å². The summed E-state index contributed by atoms with van der Waals surface area (Å²) in [5.41, 5.74) is -0.359. The maximum absolute atomic E-state index is 11.3. The molecular weight excluding hydrogens is 226 g/mol. The predicted octanol–water partition coefficient (Wildman–Crippen LogP) is -0.0246. The third kappa shape index (κ3) is 2.59. The number of sulfone groups is 1. The summed E-state index contributed by atoms with van der Waals surface area (Å²) in [6.45, 7) is 2.34. The van der Waals surface area contributed by atoms with Crippen molar-refractivity contribution in [3.8, 4) is 0 Å². The van der Waals surface area contributed by atoms with Crippen LogP contribution in [0.1, 0.15) is 12.8 Å². The largest absolute Gasteiger partial charge is 0.373 e. The van der Waals surface area contributed by atoms with E-state index in [1.807, 2.05) is 0 Å². The second kappa shape index (κ2) is 4.35. The van der Waals surface area contributed by atoms with Crippen LogP contribution < -0.4 is 5.32 Å². The van der Waals surface area contributed by atoms with E-state index in [4.69, 9.17) is 4.74 Å². The monoisotopic (exact) mass is 241 g/mol. The van der Waals surface area contributed by atoms with E-state index in [-0.39, 0.29) is 23.8 Å². The molecule has 2 aliphatic rings. The van der Waals surface area contributed by atoms with Crippen molar-refractivity contribution < 1.29 is 13.2 Å². The van der Waals surface area contributed by atoms with Crippen LogP contribution in [0.5, 0.6) is 0 Å². The third-order valence-electron chi connectivity index (χ3n) is 2.80. The van der Waals surface area contributed by atoms with Gasteiger partial charge in [0.05, 0.1) is 23.7 Å². The Morgan fingerprint density at radius 3 is 2.64 bits per heavy atom. The Labute approximate surface area is 90.7 Å². The average Bonchev–Trinajstić information content (AvgIpc) is 2.26. The molecule has 1 atom stereocenters. The van der Waals surface area contributed by atoms with Crippen LogP contribution in [-0.2, 0) is 14.6 Å². The molecule has 2 heterocycles. The first-order valence-corrected chi connectivity index (χ1v) is 6.49. The number of halogens is 1. The molecule has 6 heteroatoms. The van der Waals surface area contributed by atoms with Gasteiger partial charge < -0.3 is 10.1 Å². The lowest BCUT2D eigenvalue weighted by molar-refractivity contribution is -0.0169. The van der Waals surface area contributed by atoms with Gasteiger partial charge in [-0.15, -0.1) is 12.4 Å². The first kappa shape index (κ1) is 12.2. The normalized spacial score (nSPS) is 36.3. The van der Waals surface area contributed by atoms with Crippen molar-refractivity contribution in [3.63, 3.8) is 0 Å². The van der Waals surface area contributed by atoms with Crippen LogP contribution in [0.3, 0.4) is 0 Å². The van der Waals surface area contributed by atoms with Crippen LogP contribution in [-0.4, -0.2) is 45.2 Å². The van der Waals surface area contributed by atoms with Crippen LogP contribution in [0.4, 0.5) is 0 Å². The molecule has 2 rings (SSSR count). The lowest BCUT2D eigenvalue weighted by Crippen LogP contribution is -2.34. The molecule has 1 N–H and O–H groups in total. The standard InChI is InChI=1S/C8H15NO3S.ClH/c10-13(11)6-2-8(7-13)1-3-9-4-5-12-8;/h9H,1-7H2;1H. The van der Waals surface area contributed by atoms with Gasteiger partial charge in [0.15, 0.2) is 9.84 Å². The predicted molar refractivity (Wildman–Crippen MR) is 56.7 cm³/mol. The molecule has 0 radical (unpaired) electrons. The smallest absolute Gasteiger partial charge is 0.153 e. The van der Waals surface area contributed by atoms with Crippen molar-refractivity contribution in [3.05, 3.63) is 0 Å². The van der Waals surface area contributed by atoms with E-state index >= 15 is 0 Å². The van der Waals surface area contributed by atoms with Gasteiger partial charge in [0.25, 0.3) is 0 Å². The van der Waals surface area contributed by atoms with Gasteiger partial charge in [-0.3, -0.25) is 0 Å². The summed E-state index contributed by atoms with van der Waals surface area (Å²) >= 11 is 0. The second-order valence-corrected chi connectivity index (χ2v) is 6.06. The van der Waals surface area contributed by atoms with E-state index in [0.717, 1.165) is 19.5 Å². The molecule has 4 nitrogen and oxygen atoms in total. The molecule has 0 aromatic heterocycles. The number of hydrogen-bond donors (Lipinski definition) is 1. The number of rotatable bonds is 0. The summed E-state index contributed by atoms with van der Waals surface area (Å²) in [4.78, 5) is 0. The Morgan fingerprint density at radius 2 is 2.00 bits per heavy atom. The van der Waals surface area contributed by atoms with Crippen LogP contribution >= 0.6 is 12.4 Å². The molecule has 84 valence electrons. The van der Waals surface area contributed by atoms with Crippen molar-refractivity contribution in [2.24, 2.45) is 0 Å². The summed E-state index contributed by atoms with van der Waals surface area (Å²) in [6, 6.07) is 0. The lowest BCUT2D eigenvalue weighted by Gasteiger charge is -2.25. The van der Waals surface area contributed by atoms with E-state index in [1.165, 1.54) is 0 Å². The lowest BCUT2D eigenvalue weighted by atomic mass is 9.99. The van der Waals surface area contributed by atoms with Crippen LogP contribution in [0, 0.1) is 0 Å². The maximum atomic E-state index is 11.3. The fourth-order valence-electron chi connectivity index (χ4n) is 2.05. The fraction of sp³-hybridized carbons (Fsp3) is 1.00. The molecule has 0 saturated carbocycles. The van der Waals surface area contributed by atoms with Gasteiger partial charge in [-0.25, -0.2) is 8.42 Å². The van der Waals surface area contributed by atoms with Crippen molar-refractivity contribution in [2.75, 3.05) is 31.2 Å². The number of ether oxygens (including phenoxy) is 1. The molecule has 2 saturated heterocycles. The summed E-state index contributed by atoms with van der Waals surface area (Å²) in [5.74, 6) is 0.522. The van der Waals surface area contributed by atoms with Crippen molar-refractivity contribution >= 4 is 22.2 Å². The van der Waals surface area contributed by atoms with Crippen LogP contribution in [0.25, 0.3) is 0 Å². The van der Waals surface area contributed by atoms with Crippen molar-refractivity contribution in [1.82, 2.24) is 5.32 Å². The van der Waals surface area contributed by atoms with Crippen LogP contribution in [0.2, 0.25) is 0 Å². The van der Waals surface area contributed by atoms with Gasteiger partial charge >= 0.3 is 0 Å². The summed E-state index contributed by atoms with van der Waals surface area (Å²) in [6.07, 6.45) is 1.50. The molecule has 1 spiro atoms. The molecule has 14 heavy (non-hydrogen) atoms. The molecule has 0 aliphatic carbocycles. The molecule has 0 aromatic carbocycles. The molecule has 1 unspecified atom stereocenters. The summed E-state index contributed by atoms with van der Waals surface area (Å²) in [7, 11) is -2.82. The Bertz CT molecular complexity index is 283. The highest BCUT2D eigenvalue weighted by Gasteiger charge is 2.43. The van der Waals surface area contributed by atoms with Gasteiger partial charge in [-0.1, -0.05) is 0 Å². The number of nitrogens with one attached hydrogen (secondary N) is 1.